The Hall–Kier alpha value is -2.16. The van der Waals surface area contributed by atoms with E-state index in [4.69, 9.17) is 4.74 Å². The molecule has 0 saturated heterocycles. The number of hydrogen-bond donors (Lipinski definition) is 2. The van der Waals surface area contributed by atoms with Crippen LogP contribution in [0.25, 0.3) is 11.1 Å². The van der Waals surface area contributed by atoms with E-state index in [-0.39, 0.29) is 11.5 Å². The second-order valence-electron chi connectivity index (χ2n) is 3.83. The number of methoxy groups -OCH3 is 1. The molecule has 2 aromatic rings. The van der Waals surface area contributed by atoms with Gasteiger partial charge in [-0.25, -0.2) is 0 Å². The van der Waals surface area contributed by atoms with Gasteiger partial charge in [0.25, 0.3) is 0 Å². The molecule has 0 saturated carbocycles. The summed E-state index contributed by atoms with van der Waals surface area (Å²) in [7, 11) is 1.49. The summed E-state index contributed by atoms with van der Waals surface area (Å²) in [5.74, 6) is 0.607. The van der Waals surface area contributed by atoms with E-state index in [0.717, 1.165) is 5.56 Å². The minimum absolute atomic E-state index is 0.0379. The van der Waals surface area contributed by atoms with Crippen LogP contribution in [0.1, 0.15) is 5.56 Å². The number of benzene rings is 2. The van der Waals surface area contributed by atoms with Gasteiger partial charge in [0.1, 0.15) is 5.75 Å². The number of aryl methyl sites for hydroxylation is 1. The molecule has 0 aromatic heterocycles. The zero-order valence-electron chi connectivity index (χ0n) is 9.77. The van der Waals surface area contributed by atoms with E-state index < -0.39 is 0 Å². The lowest BCUT2D eigenvalue weighted by Gasteiger charge is -2.11. The van der Waals surface area contributed by atoms with Crippen molar-refractivity contribution in [2.75, 3.05) is 7.11 Å². The maximum atomic E-state index is 10.0. The quantitative estimate of drug-likeness (QED) is 0.833. The summed E-state index contributed by atoms with van der Waals surface area (Å²) >= 11 is 0. The average molecular weight is 230 g/mol. The molecule has 2 N–H and O–H groups in total. The zero-order chi connectivity index (χ0) is 12.4. The van der Waals surface area contributed by atoms with Gasteiger partial charge in [0.2, 0.25) is 0 Å². The third-order valence-corrected chi connectivity index (χ3v) is 2.75. The predicted octanol–water partition coefficient (Wildman–Crippen LogP) is 3.08. The summed E-state index contributed by atoms with van der Waals surface area (Å²) in [5.41, 5.74) is 1.93. The van der Waals surface area contributed by atoms with Crippen LogP contribution in [0.4, 0.5) is 0 Å². The Morgan fingerprint density at radius 2 is 1.47 bits per heavy atom. The van der Waals surface area contributed by atoms with E-state index in [1.54, 1.807) is 24.3 Å². The minimum Gasteiger partial charge on any atom is -0.507 e. The molecule has 0 radical (unpaired) electrons. The van der Waals surface area contributed by atoms with E-state index in [9.17, 15) is 10.2 Å². The summed E-state index contributed by atoms with van der Waals surface area (Å²) in [5, 5.41) is 20.0. The molecular formula is C14H14O3. The molecule has 0 aliphatic carbocycles. The summed E-state index contributed by atoms with van der Waals surface area (Å²) in [6.45, 7) is 1.82. The van der Waals surface area contributed by atoms with Crippen LogP contribution in [-0.4, -0.2) is 17.3 Å². The molecule has 88 valence electrons. The monoisotopic (exact) mass is 230 g/mol. The fourth-order valence-corrected chi connectivity index (χ4v) is 1.78. The van der Waals surface area contributed by atoms with Crippen molar-refractivity contribution in [3.05, 3.63) is 42.0 Å². The van der Waals surface area contributed by atoms with Crippen LogP contribution in [0.2, 0.25) is 0 Å². The van der Waals surface area contributed by atoms with E-state index in [0.29, 0.717) is 16.9 Å². The van der Waals surface area contributed by atoms with Crippen LogP contribution in [-0.2, 0) is 0 Å². The summed E-state index contributed by atoms with van der Waals surface area (Å²) in [6.07, 6.45) is 0. The van der Waals surface area contributed by atoms with E-state index in [1.165, 1.54) is 7.11 Å². The maximum absolute atomic E-state index is 10.0. The lowest BCUT2D eigenvalue weighted by atomic mass is 10.0. The van der Waals surface area contributed by atoms with Crippen molar-refractivity contribution in [1.82, 2.24) is 0 Å². The smallest absolute Gasteiger partial charge is 0.165 e. The molecule has 3 nitrogen and oxygen atoms in total. The molecule has 0 aliphatic rings. The molecule has 2 rings (SSSR count). The molecule has 0 fully saturated rings. The third-order valence-electron chi connectivity index (χ3n) is 2.75. The Morgan fingerprint density at radius 3 is 2.12 bits per heavy atom. The minimum atomic E-state index is 0.0379. The lowest BCUT2D eigenvalue weighted by molar-refractivity contribution is 0.374. The molecule has 0 atom stereocenters. The van der Waals surface area contributed by atoms with Gasteiger partial charge in [0.15, 0.2) is 11.5 Å². The van der Waals surface area contributed by atoms with Crippen LogP contribution in [0, 0.1) is 6.92 Å². The Kier molecular flexibility index (Phi) is 2.91. The first-order chi connectivity index (χ1) is 8.15. The molecule has 17 heavy (non-hydrogen) atoms. The van der Waals surface area contributed by atoms with Gasteiger partial charge in [-0.3, -0.25) is 0 Å². The van der Waals surface area contributed by atoms with Crippen molar-refractivity contribution in [3.8, 4) is 28.4 Å². The van der Waals surface area contributed by atoms with Gasteiger partial charge in [-0.15, -0.1) is 0 Å². The molecule has 2 aromatic carbocycles. The van der Waals surface area contributed by atoms with E-state index >= 15 is 0 Å². The second-order valence-corrected chi connectivity index (χ2v) is 3.83. The van der Waals surface area contributed by atoms with Crippen molar-refractivity contribution in [1.29, 1.82) is 0 Å². The SMILES string of the molecule is COc1cccc(-c2cccc(C)c2O)c1O. The highest BCUT2D eigenvalue weighted by molar-refractivity contribution is 5.78. The van der Waals surface area contributed by atoms with Crippen molar-refractivity contribution in [2.24, 2.45) is 0 Å². The highest BCUT2D eigenvalue weighted by Crippen LogP contribution is 2.41. The average Bonchev–Trinajstić information content (AvgIpc) is 2.33. The van der Waals surface area contributed by atoms with E-state index in [1.807, 2.05) is 19.1 Å². The first kappa shape index (κ1) is 11.3. The molecule has 3 heteroatoms. The van der Waals surface area contributed by atoms with E-state index in [2.05, 4.69) is 0 Å². The van der Waals surface area contributed by atoms with Crippen LogP contribution >= 0.6 is 0 Å². The predicted molar refractivity (Wildman–Crippen MR) is 66.5 cm³/mol. The molecule has 0 spiro atoms. The van der Waals surface area contributed by atoms with Gasteiger partial charge >= 0.3 is 0 Å². The Balaban J connectivity index is 2.65. The van der Waals surface area contributed by atoms with Crippen LogP contribution in [0.15, 0.2) is 36.4 Å². The summed E-state index contributed by atoms with van der Waals surface area (Å²) < 4.78 is 5.05. The molecule has 0 unspecified atom stereocenters. The van der Waals surface area contributed by atoms with Gasteiger partial charge in [-0.05, 0) is 18.6 Å². The van der Waals surface area contributed by atoms with Gasteiger partial charge in [-0.1, -0.05) is 30.3 Å². The number of phenols is 2. The number of rotatable bonds is 2. The number of para-hydroxylation sites is 2. The Morgan fingerprint density at radius 1 is 0.882 bits per heavy atom. The standard InChI is InChI=1S/C14H14O3/c1-9-5-3-6-10(13(9)15)11-7-4-8-12(17-2)14(11)16/h3-8,15-16H,1-2H3. The first-order valence-electron chi connectivity index (χ1n) is 5.30. The normalized spacial score (nSPS) is 10.2. The van der Waals surface area contributed by atoms with Crippen molar-refractivity contribution in [2.45, 2.75) is 6.92 Å². The Labute approximate surface area is 99.9 Å². The van der Waals surface area contributed by atoms with Crippen molar-refractivity contribution >= 4 is 0 Å². The lowest BCUT2D eigenvalue weighted by Crippen LogP contribution is -1.87. The summed E-state index contributed by atoms with van der Waals surface area (Å²) in [4.78, 5) is 0. The fraction of sp³-hybridized carbons (Fsp3) is 0.143. The summed E-state index contributed by atoms with van der Waals surface area (Å²) in [6, 6.07) is 10.6. The highest BCUT2D eigenvalue weighted by Gasteiger charge is 2.13. The highest BCUT2D eigenvalue weighted by atomic mass is 16.5. The van der Waals surface area contributed by atoms with Gasteiger partial charge in [0, 0.05) is 11.1 Å². The zero-order valence-corrected chi connectivity index (χ0v) is 9.77. The molecule has 0 heterocycles. The van der Waals surface area contributed by atoms with Crippen molar-refractivity contribution in [3.63, 3.8) is 0 Å². The molecule has 0 amide bonds. The topological polar surface area (TPSA) is 49.7 Å². The first-order valence-corrected chi connectivity index (χ1v) is 5.30. The van der Waals surface area contributed by atoms with Gasteiger partial charge in [0.05, 0.1) is 7.11 Å². The number of aromatic hydroxyl groups is 2. The molecule has 0 aliphatic heterocycles. The fourth-order valence-electron chi connectivity index (χ4n) is 1.78. The van der Waals surface area contributed by atoms with Crippen molar-refractivity contribution < 1.29 is 14.9 Å². The number of hydrogen-bond acceptors (Lipinski definition) is 3. The third kappa shape index (κ3) is 1.91. The van der Waals surface area contributed by atoms with Gasteiger partial charge in [-0.2, -0.15) is 0 Å². The van der Waals surface area contributed by atoms with Crippen LogP contribution in [0.5, 0.6) is 17.2 Å². The Bertz CT molecular complexity index is 547. The number of phenolic OH excluding ortho intramolecular Hbond substituents is 2. The molecule has 0 bridgehead atoms. The second kappa shape index (κ2) is 4.37. The van der Waals surface area contributed by atoms with Gasteiger partial charge < -0.3 is 14.9 Å². The number of ether oxygens (including phenoxy) is 1. The van der Waals surface area contributed by atoms with Crippen LogP contribution in [0.3, 0.4) is 0 Å². The molecular weight excluding hydrogens is 216 g/mol. The maximum Gasteiger partial charge on any atom is 0.165 e. The largest absolute Gasteiger partial charge is 0.507 e. The van der Waals surface area contributed by atoms with Crippen LogP contribution < -0.4 is 4.74 Å².